The van der Waals surface area contributed by atoms with Crippen molar-refractivity contribution in [2.45, 2.75) is 13.3 Å². The smallest absolute Gasteiger partial charge is 0.328 e. The molecule has 1 N–H and O–H groups in total. The van der Waals surface area contributed by atoms with E-state index in [0.717, 1.165) is 11.1 Å². The molecule has 0 aliphatic heterocycles. The number of carboxylic acid groups (broad SMARTS) is 1. The quantitative estimate of drug-likeness (QED) is 0.778. The maximum Gasteiger partial charge on any atom is 0.328 e. The molecule has 0 unspecified atom stereocenters. The SMILES string of the molecule is CC/C(=C/C(=O)O)c1ccc(Cl)cc1. The van der Waals surface area contributed by atoms with Crippen LogP contribution in [-0.2, 0) is 4.79 Å². The number of carbonyl (C=O) groups is 1. The van der Waals surface area contributed by atoms with E-state index in [1.807, 2.05) is 19.1 Å². The first-order chi connectivity index (χ1) is 6.63. The zero-order valence-electron chi connectivity index (χ0n) is 7.83. The van der Waals surface area contributed by atoms with Crippen molar-refractivity contribution in [3.05, 3.63) is 40.9 Å². The molecular formula is C11H11ClO2. The fourth-order valence-corrected chi connectivity index (χ4v) is 1.33. The number of rotatable bonds is 3. The molecule has 0 aliphatic rings. The standard InChI is InChI=1S/C11H11ClO2/c1-2-8(7-11(13)14)9-3-5-10(12)6-4-9/h3-7H,2H2,1H3,(H,13,14)/b8-7-. The van der Waals surface area contributed by atoms with Gasteiger partial charge in [-0.2, -0.15) is 0 Å². The van der Waals surface area contributed by atoms with E-state index in [4.69, 9.17) is 16.7 Å². The Labute approximate surface area is 87.8 Å². The van der Waals surface area contributed by atoms with Crippen molar-refractivity contribution >= 4 is 23.1 Å². The largest absolute Gasteiger partial charge is 0.478 e. The Bertz CT molecular complexity index is 352. The molecule has 0 spiro atoms. The normalized spacial score (nSPS) is 11.4. The number of hydrogen-bond acceptors (Lipinski definition) is 1. The number of aliphatic carboxylic acids is 1. The van der Waals surface area contributed by atoms with E-state index in [-0.39, 0.29) is 0 Å². The topological polar surface area (TPSA) is 37.3 Å². The van der Waals surface area contributed by atoms with Gasteiger partial charge in [0.05, 0.1) is 0 Å². The lowest BCUT2D eigenvalue weighted by Gasteiger charge is -2.03. The molecule has 1 aromatic rings. The van der Waals surface area contributed by atoms with Gasteiger partial charge in [-0.15, -0.1) is 0 Å². The van der Waals surface area contributed by atoms with E-state index >= 15 is 0 Å². The van der Waals surface area contributed by atoms with Gasteiger partial charge in [0.2, 0.25) is 0 Å². The average molecular weight is 211 g/mol. The lowest BCUT2D eigenvalue weighted by molar-refractivity contribution is -0.131. The first-order valence-corrected chi connectivity index (χ1v) is 4.70. The lowest BCUT2D eigenvalue weighted by Crippen LogP contribution is -1.91. The fraction of sp³-hybridized carbons (Fsp3) is 0.182. The average Bonchev–Trinajstić information content (AvgIpc) is 2.15. The first kappa shape index (κ1) is 10.8. The molecule has 0 amide bonds. The Kier molecular flexibility index (Phi) is 3.72. The minimum Gasteiger partial charge on any atom is -0.478 e. The molecule has 2 nitrogen and oxygen atoms in total. The first-order valence-electron chi connectivity index (χ1n) is 4.33. The van der Waals surface area contributed by atoms with Crippen LogP contribution in [0.2, 0.25) is 5.02 Å². The van der Waals surface area contributed by atoms with Gasteiger partial charge >= 0.3 is 5.97 Å². The van der Waals surface area contributed by atoms with Crippen molar-refractivity contribution in [1.29, 1.82) is 0 Å². The number of hydrogen-bond donors (Lipinski definition) is 1. The number of allylic oxidation sites excluding steroid dienone is 1. The molecular weight excluding hydrogens is 200 g/mol. The van der Waals surface area contributed by atoms with Crippen LogP contribution in [0.1, 0.15) is 18.9 Å². The van der Waals surface area contributed by atoms with Crippen LogP contribution < -0.4 is 0 Å². The summed E-state index contributed by atoms with van der Waals surface area (Å²) in [5.74, 6) is -0.920. The Morgan fingerprint density at radius 2 is 2.00 bits per heavy atom. The van der Waals surface area contributed by atoms with E-state index in [1.165, 1.54) is 6.08 Å². The summed E-state index contributed by atoms with van der Waals surface area (Å²) in [5.41, 5.74) is 1.70. The third-order valence-electron chi connectivity index (χ3n) is 1.89. The van der Waals surface area contributed by atoms with Crippen molar-refractivity contribution in [1.82, 2.24) is 0 Å². The molecule has 0 saturated heterocycles. The highest BCUT2D eigenvalue weighted by atomic mass is 35.5. The zero-order valence-corrected chi connectivity index (χ0v) is 8.58. The minimum atomic E-state index is -0.920. The maximum absolute atomic E-state index is 10.5. The minimum absolute atomic E-state index is 0.652. The van der Waals surface area contributed by atoms with E-state index in [9.17, 15) is 4.79 Å². The molecule has 1 rings (SSSR count). The highest BCUT2D eigenvalue weighted by Crippen LogP contribution is 2.19. The second kappa shape index (κ2) is 4.82. The summed E-state index contributed by atoms with van der Waals surface area (Å²) in [6.07, 6.45) is 1.91. The van der Waals surface area contributed by atoms with Crippen molar-refractivity contribution in [2.24, 2.45) is 0 Å². The molecule has 0 radical (unpaired) electrons. The van der Waals surface area contributed by atoms with Crippen LogP contribution >= 0.6 is 11.6 Å². The van der Waals surface area contributed by atoms with Crippen LogP contribution in [0.4, 0.5) is 0 Å². The van der Waals surface area contributed by atoms with E-state index in [1.54, 1.807) is 12.1 Å². The number of carboxylic acids is 1. The molecule has 0 heterocycles. The summed E-state index contributed by atoms with van der Waals surface area (Å²) < 4.78 is 0. The summed E-state index contributed by atoms with van der Waals surface area (Å²) in [6, 6.07) is 7.14. The van der Waals surface area contributed by atoms with Crippen molar-refractivity contribution in [2.75, 3.05) is 0 Å². The van der Waals surface area contributed by atoms with Crippen LogP contribution in [0.25, 0.3) is 5.57 Å². The molecule has 3 heteroatoms. The zero-order chi connectivity index (χ0) is 10.6. The molecule has 1 aromatic carbocycles. The second-order valence-electron chi connectivity index (χ2n) is 2.87. The van der Waals surface area contributed by atoms with Gasteiger partial charge in [0.1, 0.15) is 0 Å². The number of benzene rings is 1. The van der Waals surface area contributed by atoms with E-state index < -0.39 is 5.97 Å². The van der Waals surface area contributed by atoms with Gasteiger partial charge in [0.15, 0.2) is 0 Å². The molecule has 14 heavy (non-hydrogen) atoms. The highest BCUT2D eigenvalue weighted by Gasteiger charge is 2.01. The maximum atomic E-state index is 10.5. The van der Waals surface area contributed by atoms with Gasteiger partial charge in [-0.1, -0.05) is 30.7 Å². The van der Waals surface area contributed by atoms with Crippen LogP contribution in [0.15, 0.2) is 30.3 Å². The summed E-state index contributed by atoms with van der Waals surface area (Å²) in [4.78, 5) is 10.5. The van der Waals surface area contributed by atoms with Crippen LogP contribution in [-0.4, -0.2) is 11.1 Å². The van der Waals surface area contributed by atoms with Gasteiger partial charge < -0.3 is 5.11 Å². The lowest BCUT2D eigenvalue weighted by atomic mass is 10.0. The molecule has 0 fully saturated rings. The summed E-state index contributed by atoms with van der Waals surface area (Å²) in [7, 11) is 0. The summed E-state index contributed by atoms with van der Waals surface area (Å²) >= 11 is 5.73. The highest BCUT2D eigenvalue weighted by molar-refractivity contribution is 6.30. The predicted octanol–water partition coefficient (Wildman–Crippen LogP) is 3.22. The van der Waals surface area contributed by atoms with Gasteiger partial charge in [-0.05, 0) is 29.7 Å². The molecule has 74 valence electrons. The Morgan fingerprint density at radius 3 is 2.43 bits per heavy atom. The van der Waals surface area contributed by atoms with Gasteiger partial charge in [-0.25, -0.2) is 4.79 Å². The molecule has 0 aliphatic carbocycles. The van der Waals surface area contributed by atoms with E-state index in [0.29, 0.717) is 11.4 Å². The summed E-state index contributed by atoms with van der Waals surface area (Å²) in [5, 5.41) is 9.28. The van der Waals surface area contributed by atoms with Gasteiger partial charge in [0, 0.05) is 11.1 Å². The predicted molar refractivity (Wildman–Crippen MR) is 57.4 cm³/mol. The Hall–Kier alpha value is -1.28. The third kappa shape index (κ3) is 2.89. The van der Waals surface area contributed by atoms with E-state index in [2.05, 4.69) is 0 Å². The van der Waals surface area contributed by atoms with Gasteiger partial charge in [-0.3, -0.25) is 0 Å². The van der Waals surface area contributed by atoms with Crippen LogP contribution in [0.3, 0.4) is 0 Å². The Morgan fingerprint density at radius 1 is 1.43 bits per heavy atom. The molecule has 0 atom stereocenters. The monoisotopic (exact) mass is 210 g/mol. The Balaban J connectivity index is 3.01. The molecule has 0 saturated carbocycles. The van der Waals surface area contributed by atoms with Gasteiger partial charge in [0.25, 0.3) is 0 Å². The van der Waals surface area contributed by atoms with Crippen molar-refractivity contribution in [3.8, 4) is 0 Å². The second-order valence-corrected chi connectivity index (χ2v) is 3.30. The fourth-order valence-electron chi connectivity index (χ4n) is 1.20. The van der Waals surface area contributed by atoms with Crippen molar-refractivity contribution in [3.63, 3.8) is 0 Å². The van der Waals surface area contributed by atoms with Crippen LogP contribution in [0.5, 0.6) is 0 Å². The van der Waals surface area contributed by atoms with Crippen molar-refractivity contribution < 1.29 is 9.90 Å². The molecule has 0 aromatic heterocycles. The van der Waals surface area contributed by atoms with Crippen LogP contribution in [0, 0.1) is 0 Å². The molecule has 0 bridgehead atoms. The summed E-state index contributed by atoms with van der Waals surface area (Å²) in [6.45, 7) is 1.92. The third-order valence-corrected chi connectivity index (χ3v) is 2.15. The number of halogens is 1.